The van der Waals surface area contributed by atoms with Gasteiger partial charge in [0.1, 0.15) is 11.4 Å². The third kappa shape index (κ3) is 3.29. The van der Waals surface area contributed by atoms with Crippen molar-refractivity contribution < 1.29 is 19.4 Å². The number of aliphatic hydroxyl groups excluding tert-OH is 1. The predicted octanol–water partition coefficient (Wildman–Crippen LogP) is 1.20. The molecule has 3 rings (SSSR count). The summed E-state index contributed by atoms with van der Waals surface area (Å²) in [5.41, 5.74) is 1.35. The number of nitrogens with zero attached hydrogens (tertiary/aromatic N) is 3. The molecule has 0 aliphatic carbocycles. The number of anilines is 1. The van der Waals surface area contributed by atoms with Gasteiger partial charge < -0.3 is 20.1 Å². The highest BCUT2D eigenvalue weighted by Crippen LogP contribution is 2.31. The van der Waals surface area contributed by atoms with Gasteiger partial charge in [0.15, 0.2) is 0 Å². The fraction of sp³-hybridized carbons (Fsp3) is 0.235. The van der Waals surface area contributed by atoms with E-state index in [0.717, 1.165) is 0 Å². The molecule has 0 bridgehead atoms. The normalized spacial score (nSPS) is 14.1. The van der Waals surface area contributed by atoms with Crippen LogP contribution in [0.1, 0.15) is 0 Å². The van der Waals surface area contributed by atoms with Crippen LogP contribution in [-0.2, 0) is 14.3 Å². The number of nitrogens with one attached hydrogen (secondary N) is 1. The number of amides is 1. The molecule has 0 saturated heterocycles. The summed E-state index contributed by atoms with van der Waals surface area (Å²) in [4.78, 5) is 26.1. The van der Waals surface area contributed by atoms with E-state index < -0.39 is 11.9 Å². The summed E-state index contributed by atoms with van der Waals surface area (Å²) in [7, 11) is 1.25. The molecule has 0 radical (unpaired) electrons. The quantitative estimate of drug-likeness (QED) is 0.735. The molecule has 2 N–H and O–H groups in total. The number of β-amino-alcohol motifs (C(OH)–C–C–N with tert-alkyl or cyclic N) is 1. The molecule has 2 aromatic rings. The topological polar surface area (TPSA) is 96.7 Å². The van der Waals surface area contributed by atoms with E-state index in [9.17, 15) is 9.59 Å². The second-order valence-electron chi connectivity index (χ2n) is 5.51. The average Bonchev–Trinajstić information content (AvgIpc) is 3.25. The fourth-order valence-corrected chi connectivity index (χ4v) is 2.99. The Morgan fingerprint density at radius 2 is 2.23 bits per heavy atom. The van der Waals surface area contributed by atoms with Crippen LogP contribution in [0.15, 0.2) is 47.9 Å². The smallest absolute Gasteiger partial charge is 0.337 e. The summed E-state index contributed by atoms with van der Waals surface area (Å²) in [6, 6.07) is 6.90. The van der Waals surface area contributed by atoms with E-state index >= 15 is 0 Å². The minimum absolute atomic E-state index is 0.0616. The Morgan fingerprint density at radius 3 is 2.88 bits per heavy atom. The molecule has 0 atom stereocenters. The molecule has 0 unspecified atom stereocenters. The van der Waals surface area contributed by atoms with Crippen LogP contribution < -0.4 is 5.32 Å². The largest absolute Gasteiger partial charge is 0.466 e. The molecule has 1 aliphatic rings. The Bertz CT molecular complexity index is 864. The lowest BCUT2D eigenvalue weighted by molar-refractivity contribution is -0.136. The summed E-state index contributed by atoms with van der Waals surface area (Å²) >= 11 is 6.31. The van der Waals surface area contributed by atoms with Crippen LogP contribution in [0, 0.1) is 0 Å². The van der Waals surface area contributed by atoms with Crippen molar-refractivity contribution in [1.29, 1.82) is 0 Å². The van der Waals surface area contributed by atoms with Crippen molar-refractivity contribution in [2.75, 3.05) is 32.1 Å². The highest BCUT2D eigenvalue weighted by atomic mass is 35.5. The van der Waals surface area contributed by atoms with Gasteiger partial charge in [-0.2, -0.15) is 5.10 Å². The molecular weight excluding hydrogens is 360 g/mol. The molecule has 136 valence electrons. The molecular formula is C17H17ClN4O4. The summed E-state index contributed by atoms with van der Waals surface area (Å²) < 4.78 is 6.34. The number of halogens is 1. The maximum Gasteiger partial charge on any atom is 0.337 e. The van der Waals surface area contributed by atoms with Gasteiger partial charge in [0, 0.05) is 18.9 Å². The summed E-state index contributed by atoms with van der Waals surface area (Å²) in [5.74, 6) is -1.00. The summed E-state index contributed by atoms with van der Waals surface area (Å²) in [6.07, 6.45) is 3.33. The number of benzene rings is 1. The molecule has 0 saturated carbocycles. The molecule has 9 heteroatoms. The van der Waals surface area contributed by atoms with Gasteiger partial charge in [-0.3, -0.25) is 4.79 Å². The SMILES string of the molecule is COC(=O)C1=C(Nc2cccc(Cl)c2-n2cccn2)C(=O)N(CCO)C1. The first-order valence-electron chi connectivity index (χ1n) is 7.84. The van der Waals surface area contributed by atoms with Gasteiger partial charge in [0.2, 0.25) is 0 Å². The minimum Gasteiger partial charge on any atom is -0.466 e. The Balaban J connectivity index is 2.02. The van der Waals surface area contributed by atoms with Gasteiger partial charge >= 0.3 is 5.97 Å². The zero-order valence-electron chi connectivity index (χ0n) is 14.0. The van der Waals surface area contributed by atoms with E-state index in [1.807, 2.05) is 0 Å². The van der Waals surface area contributed by atoms with Crippen LogP contribution in [0.25, 0.3) is 5.69 Å². The number of methoxy groups -OCH3 is 1. The number of ether oxygens (including phenoxy) is 1. The van der Waals surface area contributed by atoms with E-state index in [4.69, 9.17) is 21.4 Å². The van der Waals surface area contributed by atoms with Crippen molar-refractivity contribution in [2.24, 2.45) is 0 Å². The molecule has 1 aliphatic heterocycles. The highest BCUT2D eigenvalue weighted by molar-refractivity contribution is 6.33. The first kappa shape index (κ1) is 18.0. The molecule has 0 spiro atoms. The van der Waals surface area contributed by atoms with E-state index in [0.29, 0.717) is 16.4 Å². The Morgan fingerprint density at radius 1 is 1.42 bits per heavy atom. The number of para-hydroxylation sites is 1. The van der Waals surface area contributed by atoms with E-state index in [1.54, 1.807) is 41.3 Å². The van der Waals surface area contributed by atoms with Crippen molar-refractivity contribution >= 4 is 29.2 Å². The lowest BCUT2D eigenvalue weighted by atomic mass is 10.2. The minimum atomic E-state index is -0.607. The number of rotatable bonds is 6. The van der Waals surface area contributed by atoms with Gasteiger partial charge in [0.05, 0.1) is 36.5 Å². The van der Waals surface area contributed by atoms with E-state index in [2.05, 4.69) is 10.4 Å². The van der Waals surface area contributed by atoms with Gasteiger partial charge in [-0.1, -0.05) is 17.7 Å². The fourth-order valence-electron chi connectivity index (χ4n) is 2.73. The number of hydrogen-bond donors (Lipinski definition) is 2. The van der Waals surface area contributed by atoms with E-state index in [-0.39, 0.29) is 31.0 Å². The number of hydrogen-bond acceptors (Lipinski definition) is 6. The first-order chi connectivity index (χ1) is 12.6. The molecule has 0 fully saturated rings. The zero-order valence-corrected chi connectivity index (χ0v) is 14.7. The predicted molar refractivity (Wildman–Crippen MR) is 94.9 cm³/mol. The maximum absolute atomic E-state index is 12.6. The van der Waals surface area contributed by atoms with Gasteiger partial charge in [-0.05, 0) is 18.2 Å². The van der Waals surface area contributed by atoms with Crippen LogP contribution in [-0.4, -0.2) is 58.5 Å². The van der Waals surface area contributed by atoms with Crippen LogP contribution in [0.5, 0.6) is 0 Å². The molecule has 26 heavy (non-hydrogen) atoms. The second-order valence-corrected chi connectivity index (χ2v) is 5.91. The molecule has 1 aromatic heterocycles. The first-order valence-corrected chi connectivity index (χ1v) is 8.21. The third-order valence-corrected chi connectivity index (χ3v) is 4.24. The van der Waals surface area contributed by atoms with Crippen molar-refractivity contribution in [2.45, 2.75) is 0 Å². The van der Waals surface area contributed by atoms with Crippen LogP contribution in [0.4, 0.5) is 5.69 Å². The average molecular weight is 377 g/mol. The Hall–Kier alpha value is -2.84. The number of aromatic nitrogens is 2. The van der Waals surface area contributed by atoms with Crippen molar-refractivity contribution in [3.63, 3.8) is 0 Å². The number of carbonyl (C=O) groups is 2. The number of carbonyl (C=O) groups excluding carboxylic acids is 2. The molecule has 2 heterocycles. The van der Waals surface area contributed by atoms with Crippen molar-refractivity contribution in [1.82, 2.24) is 14.7 Å². The van der Waals surface area contributed by atoms with Gasteiger partial charge in [0.25, 0.3) is 5.91 Å². The van der Waals surface area contributed by atoms with E-state index in [1.165, 1.54) is 12.0 Å². The Labute approximate surface area is 154 Å². The van der Waals surface area contributed by atoms with Crippen LogP contribution in [0.2, 0.25) is 5.02 Å². The lowest BCUT2D eigenvalue weighted by Gasteiger charge is -2.16. The van der Waals surface area contributed by atoms with Crippen molar-refractivity contribution in [3.8, 4) is 5.69 Å². The lowest BCUT2D eigenvalue weighted by Crippen LogP contribution is -2.31. The monoisotopic (exact) mass is 376 g/mol. The standard InChI is InChI=1S/C17H17ClN4O4/c1-26-17(25)11-10-21(8-9-23)16(24)14(11)20-13-5-2-4-12(18)15(13)22-7-3-6-19-22/h2-7,20,23H,8-10H2,1H3. The molecule has 8 nitrogen and oxygen atoms in total. The second kappa shape index (κ2) is 7.59. The van der Waals surface area contributed by atoms with Crippen molar-refractivity contribution in [3.05, 3.63) is 53.0 Å². The molecule has 1 amide bonds. The van der Waals surface area contributed by atoms with Gasteiger partial charge in [-0.25, -0.2) is 9.48 Å². The summed E-state index contributed by atoms with van der Waals surface area (Å²) in [6.45, 7) is -0.0265. The third-order valence-electron chi connectivity index (χ3n) is 3.93. The Kier molecular flexibility index (Phi) is 5.24. The maximum atomic E-state index is 12.6. The number of esters is 1. The van der Waals surface area contributed by atoms with Crippen LogP contribution in [0.3, 0.4) is 0 Å². The van der Waals surface area contributed by atoms with Crippen LogP contribution >= 0.6 is 11.6 Å². The van der Waals surface area contributed by atoms with Gasteiger partial charge in [-0.15, -0.1) is 0 Å². The number of aliphatic hydroxyl groups is 1. The zero-order chi connectivity index (χ0) is 18.7. The summed E-state index contributed by atoms with van der Waals surface area (Å²) in [5, 5.41) is 16.7. The highest BCUT2D eigenvalue weighted by Gasteiger charge is 2.34. The molecule has 1 aromatic carbocycles.